The summed E-state index contributed by atoms with van der Waals surface area (Å²) in [6, 6.07) is 8.91. The lowest BCUT2D eigenvalue weighted by Crippen LogP contribution is -2.05. The molecule has 0 aromatic heterocycles. The maximum absolute atomic E-state index is 12.0. The zero-order valence-corrected chi connectivity index (χ0v) is 12.1. The van der Waals surface area contributed by atoms with E-state index in [1.807, 2.05) is 0 Å². The van der Waals surface area contributed by atoms with E-state index >= 15 is 0 Å². The molecule has 0 heterocycles. The van der Waals surface area contributed by atoms with Crippen LogP contribution in [0, 0.1) is 6.57 Å². The highest BCUT2D eigenvalue weighted by Gasteiger charge is 2.30. The van der Waals surface area contributed by atoms with Gasteiger partial charge in [0.25, 0.3) is 0 Å². The number of hydrogen-bond donors (Lipinski definition) is 1. The van der Waals surface area contributed by atoms with Crippen molar-refractivity contribution in [2.24, 2.45) is 5.73 Å². The zero-order valence-electron chi connectivity index (χ0n) is 12.1. The third kappa shape index (κ3) is 5.93. The highest BCUT2D eigenvalue weighted by atomic mass is 19.4. The second-order valence-corrected chi connectivity index (χ2v) is 4.56. The van der Waals surface area contributed by atoms with Gasteiger partial charge >= 0.3 is 12.4 Å². The first-order valence-electron chi connectivity index (χ1n) is 6.49. The molecule has 0 unspecified atom stereocenters. The second kappa shape index (κ2) is 7.84. The highest BCUT2D eigenvalue weighted by molar-refractivity contribution is 5.45. The van der Waals surface area contributed by atoms with E-state index in [9.17, 15) is 26.3 Å². The van der Waals surface area contributed by atoms with E-state index in [0.29, 0.717) is 5.56 Å². The third-order valence-corrected chi connectivity index (χ3v) is 2.84. The minimum absolute atomic E-state index is 0.211. The molecule has 0 aliphatic heterocycles. The number of hydrogen-bond acceptors (Lipinski definition) is 1. The van der Waals surface area contributed by atoms with E-state index in [0.717, 1.165) is 36.4 Å². The normalized spacial score (nSPS) is 11.2. The number of nitrogens with two attached hydrogens (primary N) is 1. The van der Waals surface area contributed by atoms with Gasteiger partial charge in [-0.3, -0.25) is 0 Å². The molecule has 0 radical (unpaired) electrons. The molecule has 0 spiro atoms. The van der Waals surface area contributed by atoms with Crippen LogP contribution in [0.25, 0.3) is 4.85 Å². The van der Waals surface area contributed by atoms with E-state index in [1.54, 1.807) is 0 Å². The molecule has 0 aliphatic rings. The molecule has 24 heavy (non-hydrogen) atoms. The minimum atomic E-state index is -4.32. The molecule has 0 amide bonds. The predicted octanol–water partition coefficient (Wildman–Crippen LogP) is 5.42. The molecule has 0 saturated heterocycles. The van der Waals surface area contributed by atoms with Gasteiger partial charge in [0.15, 0.2) is 5.69 Å². The predicted molar refractivity (Wildman–Crippen MR) is 77.0 cm³/mol. The molecule has 0 bridgehead atoms. The summed E-state index contributed by atoms with van der Waals surface area (Å²) in [5, 5.41) is 0. The van der Waals surface area contributed by atoms with Gasteiger partial charge in [-0.15, -0.1) is 0 Å². The molecule has 2 nitrogen and oxygen atoms in total. The van der Waals surface area contributed by atoms with Crippen LogP contribution in [0.3, 0.4) is 0 Å². The third-order valence-electron chi connectivity index (χ3n) is 2.84. The summed E-state index contributed by atoms with van der Waals surface area (Å²) in [5.74, 6) is 0. The molecule has 2 N–H and O–H groups in total. The van der Waals surface area contributed by atoms with Gasteiger partial charge in [-0.25, -0.2) is 4.85 Å². The Bertz CT molecular complexity index is 679. The first kappa shape index (κ1) is 19.5. The van der Waals surface area contributed by atoms with Crippen LogP contribution >= 0.6 is 0 Å². The second-order valence-electron chi connectivity index (χ2n) is 4.56. The van der Waals surface area contributed by atoms with Crippen LogP contribution in [0.5, 0.6) is 0 Å². The van der Waals surface area contributed by atoms with Crippen molar-refractivity contribution in [3.05, 3.63) is 76.6 Å². The quantitative estimate of drug-likeness (QED) is 0.542. The van der Waals surface area contributed by atoms with Crippen LogP contribution in [0.15, 0.2) is 48.5 Å². The van der Waals surface area contributed by atoms with Crippen molar-refractivity contribution in [2.75, 3.05) is 0 Å². The Labute approximate surface area is 134 Å². The molecular formula is C16H12F6N2. The lowest BCUT2D eigenvalue weighted by atomic mass is 10.1. The molecule has 0 aliphatic carbocycles. The van der Waals surface area contributed by atoms with Gasteiger partial charge in [0.05, 0.1) is 17.7 Å². The summed E-state index contributed by atoms with van der Waals surface area (Å²) in [6.07, 6.45) is -8.58. The van der Waals surface area contributed by atoms with Gasteiger partial charge in [-0.2, -0.15) is 26.3 Å². The standard InChI is InChI=1S/C8H4F3N.C8H8F3N/c1-12-7-4-2-6(3-5-7)8(9,10)11;9-8(10,11)7-3-1-6(5-12)2-4-7/h2-5H;1-4H,5,12H2. The van der Waals surface area contributed by atoms with E-state index in [1.165, 1.54) is 12.1 Å². The Hall–Kier alpha value is -2.53. The van der Waals surface area contributed by atoms with E-state index in [2.05, 4.69) is 4.85 Å². The Morgan fingerprint density at radius 1 is 0.750 bits per heavy atom. The maximum Gasteiger partial charge on any atom is 0.416 e. The Morgan fingerprint density at radius 3 is 1.42 bits per heavy atom. The SMILES string of the molecule is NCc1ccc(C(F)(F)F)cc1.[C-]#[N+]c1ccc(C(F)(F)F)cc1. The number of benzene rings is 2. The van der Waals surface area contributed by atoms with E-state index in [4.69, 9.17) is 12.3 Å². The smallest absolute Gasteiger partial charge is 0.326 e. The summed E-state index contributed by atoms with van der Waals surface area (Å²) in [6.45, 7) is 6.78. The molecule has 2 aromatic carbocycles. The fourth-order valence-corrected chi connectivity index (χ4v) is 1.55. The minimum Gasteiger partial charge on any atom is -0.326 e. The lowest BCUT2D eigenvalue weighted by Gasteiger charge is -2.06. The molecule has 128 valence electrons. The largest absolute Gasteiger partial charge is 0.416 e. The van der Waals surface area contributed by atoms with Gasteiger partial charge in [-0.1, -0.05) is 36.4 Å². The summed E-state index contributed by atoms with van der Waals surface area (Å²) in [5.41, 5.74) is 4.77. The topological polar surface area (TPSA) is 30.4 Å². The molecule has 0 saturated carbocycles. The number of rotatable bonds is 1. The first-order valence-corrected chi connectivity index (χ1v) is 6.49. The fourth-order valence-electron chi connectivity index (χ4n) is 1.55. The van der Waals surface area contributed by atoms with Crippen molar-refractivity contribution >= 4 is 5.69 Å². The number of alkyl halides is 6. The molecule has 2 aromatic rings. The number of nitrogens with zero attached hydrogens (tertiary/aromatic N) is 1. The first-order chi connectivity index (χ1) is 11.1. The Balaban J connectivity index is 0.000000240. The molecule has 0 fully saturated rings. The average Bonchev–Trinajstić information content (AvgIpc) is 2.54. The average molecular weight is 346 g/mol. The van der Waals surface area contributed by atoms with Gasteiger partial charge < -0.3 is 5.73 Å². The molecule has 8 heteroatoms. The van der Waals surface area contributed by atoms with E-state index in [-0.39, 0.29) is 12.2 Å². The summed E-state index contributed by atoms with van der Waals surface area (Å²) in [4.78, 5) is 2.98. The number of halogens is 6. The summed E-state index contributed by atoms with van der Waals surface area (Å²) >= 11 is 0. The highest BCUT2D eigenvalue weighted by Crippen LogP contribution is 2.30. The fraction of sp³-hybridized carbons (Fsp3) is 0.188. The summed E-state index contributed by atoms with van der Waals surface area (Å²) in [7, 11) is 0. The van der Waals surface area contributed by atoms with Crippen molar-refractivity contribution < 1.29 is 26.3 Å². The van der Waals surface area contributed by atoms with Crippen molar-refractivity contribution in [3.63, 3.8) is 0 Å². The maximum atomic E-state index is 12.0. The molecule has 0 atom stereocenters. The van der Waals surface area contributed by atoms with Crippen LogP contribution in [-0.4, -0.2) is 0 Å². The van der Waals surface area contributed by atoms with Crippen LogP contribution in [-0.2, 0) is 18.9 Å². The molecule has 2 rings (SSSR count). The zero-order chi connectivity index (χ0) is 18.4. The van der Waals surface area contributed by atoms with Crippen molar-refractivity contribution in [2.45, 2.75) is 18.9 Å². The Morgan fingerprint density at radius 2 is 1.12 bits per heavy atom. The van der Waals surface area contributed by atoms with Crippen molar-refractivity contribution in [1.82, 2.24) is 0 Å². The van der Waals surface area contributed by atoms with Gasteiger partial charge in [-0.05, 0) is 17.7 Å². The van der Waals surface area contributed by atoms with E-state index < -0.39 is 23.5 Å². The van der Waals surface area contributed by atoms with Gasteiger partial charge in [0.1, 0.15) is 0 Å². The van der Waals surface area contributed by atoms with Crippen LogP contribution in [0.4, 0.5) is 32.0 Å². The van der Waals surface area contributed by atoms with Gasteiger partial charge in [0, 0.05) is 6.54 Å². The van der Waals surface area contributed by atoms with Gasteiger partial charge in [0.2, 0.25) is 0 Å². The lowest BCUT2D eigenvalue weighted by molar-refractivity contribution is -0.138. The van der Waals surface area contributed by atoms with Crippen LogP contribution in [0.2, 0.25) is 0 Å². The van der Waals surface area contributed by atoms with Crippen LogP contribution < -0.4 is 5.73 Å². The Kier molecular flexibility index (Phi) is 6.37. The van der Waals surface area contributed by atoms with Crippen molar-refractivity contribution in [1.29, 1.82) is 0 Å². The summed E-state index contributed by atoms with van der Waals surface area (Å²) < 4.78 is 71.8. The van der Waals surface area contributed by atoms with Crippen molar-refractivity contribution in [3.8, 4) is 0 Å². The van der Waals surface area contributed by atoms with Crippen LogP contribution in [0.1, 0.15) is 16.7 Å². The molecular weight excluding hydrogens is 334 g/mol. The monoisotopic (exact) mass is 346 g/mol.